The molecule has 5 N–H and O–H groups in total. The van der Waals surface area contributed by atoms with Crippen LogP contribution in [0.25, 0.3) is 0 Å². The number of nitrogens with one attached hydrogen (secondary N) is 3. The number of carboxylic acid groups (broad SMARTS) is 1. The zero-order chi connectivity index (χ0) is 32.5. The van der Waals surface area contributed by atoms with E-state index in [1.807, 2.05) is 56.3 Å². The van der Waals surface area contributed by atoms with Gasteiger partial charge in [-0.15, -0.1) is 0 Å². The van der Waals surface area contributed by atoms with Crippen LogP contribution in [0.3, 0.4) is 0 Å². The summed E-state index contributed by atoms with van der Waals surface area (Å²) in [4.78, 5) is 48.0. The van der Waals surface area contributed by atoms with Gasteiger partial charge in [0.05, 0.1) is 0 Å². The van der Waals surface area contributed by atoms with Gasteiger partial charge in [0.15, 0.2) is 23.7 Å². The summed E-state index contributed by atoms with van der Waals surface area (Å²) in [5.41, 5.74) is 2.24. The third-order valence-corrected chi connectivity index (χ3v) is 9.09. The number of carboxylic acids is 1. The normalized spacial score (nSPS) is 26.4. The Bertz CT molecular complexity index is 1780. The highest BCUT2D eigenvalue weighted by atomic mass is 16.5. The molecule has 240 valence electrons. The smallest absolute Gasteiger partial charge is 0.332 e. The van der Waals surface area contributed by atoms with Crippen LogP contribution in [0.5, 0.6) is 5.75 Å². The Morgan fingerprint density at radius 2 is 1.87 bits per heavy atom. The summed E-state index contributed by atoms with van der Waals surface area (Å²) in [5.74, 6) is -1.73. The summed E-state index contributed by atoms with van der Waals surface area (Å²) in [5, 5.41) is 29.4. The van der Waals surface area contributed by atoms with Crippen molar-refractivity contribution in [3.05, 3.63) is 76.5 Å². The fourth-order valence-electron chi connectivity index (χ4n) is 6.64. The van der Waals surface area contributed by atoms with E-state index in [0.717, 1.165) is 22.4 Å². The predicted molar refractivity (Wildman–Crippen MR) is 163 cm³/mol. The van der Waals surface area contributed by atoms with E-state index in [-0.39, 0.29) is 42.3 Å². The highest BCUT2D eigenvalue weighted by Gasteiger charge is 2.61. The van der Waals surface area contributed by atoms with Crippen LogP contribution in [0.15, 0.2) is 51.9 Å². The molecule has 0 fully saturated rings. The molecule has 7 rings (SSSR count). The number of oxazole rings is 1. The Balaban J connectivity index is 1.47. The predicted octanol–water partition coefficient (Wildman–Crippen LogP) is 2.25. The fraction of sp³-hybridized carbons (Fsp3) is 0.424. The summed E-state index contributed by atoms with van der Waals surface area (Å²) in [7, 11) is 0. The van der Waals surface area contributed by atoms with E-state index in [2.05, 4.69) is 20.9 Å². The molecule has 0 saturated heterocycles. The van der Waals surface area contributed by atoms with Crippen molar-refractivity contribution in [2.45, 2.75) is 70.0 Å². The molecule has 0 radical (unpaired) electrons. The van der Waals surface area contributed by atoms with Crippen molar-refractivity contribution in [1.82, 2.24) is 15.6 Å². The van der Waals surface area contributed by atoms with Crippen molar-refractivity contribution in [1.29, 1.82) is 0 Å². The number of para-hydroxylation sites is 1. The van der Waals surface area contributed by atoms with Gasteiger partial charge >= 0.3 is 5.97 Å². The molecule has 4 bridgehead atoms. The van der Waals surface area contributed by atoms with Gasteiger partial charge in [0, 0.05) is 17.7 Å². The Labute approximate surface area is 264 Å². The second-order valence-corrected chi connectivity index (χ2v) is 12.8. The number of aliphatic imine (C=N–C) groups is 1. The Kier molecular flexibility index (Phi) is 7.03. The number of aliphatic hydroxyl groups excluding tert-OH is 1. The second-order valence-electron chi connectivity index (χ2n) is 12.8. The average Bonchev–Trinajstić information content (AvgIpc) is 3.79. The van der Waals surface area contributed by atoms with Gasteiger partial charge in [0.2, 0.25) is 23.6 Å². The number of carbonyl (C=O) groups is 3. The van der Waals surface area contributed by atoms with Gasteiger partial charge in [0.25, 0.3) is 0 Å². The number of aromatic nitrogens is 1. The first-order chi connectivity index (χ1) is 22.0. The first-order valence-corrected chi connectivity index (χ1v) is 15.4. The molecule has 13 heteroatoms. The molecule has 13 nitrogen and oxygen atoms in total. The minimum atomic E-state index is -1.30. The third-order valence-electron chi connectivity index (χ3n) is 9.09. The summed E-state index contributed by atoms with van der Waals surface area (Å²) in [6.45, 7) is 7.07. The van der Waals surface area contributed by atoms with E-state index in [4.69, 9.17) is 18.9 Å². The van der Waals surface area contributed by atoms with Crippen LogP contribution in [-0.2, 0) is 31.0 Å². The van der Waals surface area contributed by atoms with Crippen molar-refractivity contribution < 1.29 is 38.5 Å². The Morgan fingerprint density at radius 3 is 2.59 bits per heavy atom. The monoisotopic (exact) mass is 629 g/mol. The molecular formula is C33H35N5O8. The lowest BCUT2D eigenvalue weighted by Crippen LogP contribution is -2.52. The number of nitrogens with zero attached hydrogens (tertiary/aromatic N) is 2. The summed E-state index contributed by atoms with van der Waals surface area (Å²) in [6, 6.07) is 10.4. The van der Waals surface area contributed by atoms with E-state index >= 15 is 0 Å². The molecule has 46 heavy (non-hydrogen) atoms. The average molecular weight is 630 g/mol. The first-order valence-electron chi connectivity index (χ1n) is 15.4. The summed E-state index contributed by atoms with van der Waals surface area (Å²) >= 11 is 0. The molecule has 1 spiro atoms. The topological polar surface area (TPSA) is 185 Å². The van der Waals surface area contributed by atoms with Crippen LogP contribution in [-0.4, -0.2) is 69.9 Å². The third kappa shape index (κ3) is 4.51. The van der Waals surface area contributed by atoms with E-state index < -0.39 is 53.7 Å². The first kappa shape index (κ1) is 29.8. The van der Waals surface area contributed by atoms with Gasteiger partial charge in [-0.3, -0.25) is 9.59 Å². The number of hydrogen-bond donors (Lipinski definition) is 5. The number of amides is 2. The highest BCUT2D eigenvalue weighted by Crippen LogP contribution is 2.58. The molecule has 4 aliphatic rings. The van der Waals surface area contributed by atoms with Crippen LogP contribution in [0.2, 0.25) is 0 Å². The van der Waals surface area contributed by atoms with E-state index in [9.17, 15) is 24.6 Å². The molecule has 2 aromatic carbocycles. The maximum Gasteiger partial charge on any atom is 0.332 e. The SMILES string of the molecule is CC(C)[C@H](O)C(=O)N[C@H]1Cc2ccc3c(c2)C2(c4ccccc4NC2O3)c2oc(nc2C2=NC(C(=O)O)CO2)[C@H](C(C)C)NC1=O. The van der Waals surface area contributed by atoms with Crippen LogP contribution >= 0.6 is 0 Å². The van der Waals surface area contributed by atoms with E-state index in [1.165, 1.54) is 0 Å². The summed E-state index contributed by atoms with van der Waals surface area (Å²) in [6.07, 6.45) is -1.84. The number of anilines is 1. The van der Waals surface area contributed by atoms with Crippen LogP contribution in [0.1, 0.15) is 67.8 Å². The molecule has 1 aromatic heterocycles. The van der Waals surface area contributed by atoms with Crippen LogP contribution in [0, 0.1) is 11.8 Å². The lowest BCUT2D eigenvalue weighted by atomic mass is 9.72. The molecule has 0 saturated carbocycles. The van der Waals surface area contributed by atoms with Gasteiger partial charge in [-0.1, -0.05) is 58.0 Å². The molecule has 2 amide bonds. The molecule has 3 aromatic rings. The standard InChI is InChI=1S/C33H35N5O8/c1-14(2)23-30-38-24(29-35-21(13-44-29)31(42)43)26(46-30)33-17-7-5-6-8-19(17)36-32(33)45-22-10-9-16(11-18(22)33)12-20(27(40)37-23)34-28(41)25(39)15(3)4/h5-11,14-15,20-21,23,25,32,36,39H,12-13H2,1-4H3,(H,34,41)(H,37,40)(H,42,43)/t20-,21?,23-,25-,32?,33?/m0/s1. The van der Waals surface area contributed by atoms with Crippen molar-refractivity contribution >= 4 is 29.4 Å². The van der Waals surface area contributed by atoms with Crippen molar-refractivity contribution in [3.8, 4) is 5.75 Å². The molecule has 5 heterocycles. The van der Waals surface area contributed by atoms with Gasteiger partial charge in [0.1, 0.15) is 36.0 Å². The number of ether oxygens (including phenoxy) is 2. The van der Waals surface area contributed by atoms with Crippen LogP contribution < -0.4 is 20.7 Å². The number of aliphatic carboxylic acids is 1. The minimum absolute atomic E-state index is 0.0241. The molecule has 0 aliphatic carbocycles. The largest absolute Gasteiger partial charge is 0.480 e. The van der Waals surface area contributed by atoms with Crippen molar-refractivity contribution in [3.63, 3.8) is 0 Å². The van der Waals surface area contributed by atoms with Gasteiger partial charge in [-0.25, -0.2) is 14.8 Å². The number of hydrogen-bond acceptors (Lipinski definition) is 10. The van der Waals surface area contributed by atoms with Crippen molar-refractivity contribution in [2.75, 3.05) is 11.9 Å². The van der Waals surface area contributed by atoms with Crippen molar-refractivity contribution in [2.24, 2.45) is 16.8 Å². The van der Waals surface area contributed by atoms with Gasteiger partial charge in [-0.05, 0) is 35.1 Å². The quantitative estimate of drug-likeness (QED) is 0.271. The maximum atomic E-state index is 13.9. The van der Waals surface area contributed by atoms with Gasteiger partial charge < -0.3 is 40.1 Å². The van der Waals surface area contributed by atoms with Gasteiger partial charge in [-0.2, -0.15) is 0 Å². The molecule has 6 atom stereocenters. The second kappa shape index (κ2) is 10.9. The lowest BCUT2D eigenvalue weighted by Gasteiger charge is -2.29. The minimum Gasteiger partial charge on any atom is -0.480 e. The molecule has 3 unspecified atom stereocenters. The zero-order valence-corrected chi connectivity index (χ0v) is 25.7. The Morgan fingerprint density at radius 1 is 1.09 bits per heavy atom. The molecular weight excluding hydrogens is 594 g/mol. The number of aliphatic hydroxyl groups is 1. The number of rotatable bonds is 6. The Hall–Kier alpha value is -4.91. The number of benzene rings is 2. The lowest BCUT2D eigenvalue weighted by molar-refractivity contribution is -0.138. The zero-order valence-electron chi connectivity index (χ0n) is 25.7. The van der Waals surface area contributed by atoms with E-state index in [0.29, 0.717) is 11.5 Å². The van der Waals surface area contributed by atoms with E-state index in [1.54, 1.807) is 13.8 Å². The fourth-order valence-corrected chi connectivity index (χ4v) is 6.64. The number of fused-ring (bicyclic) bond motifs is 4. The maximum absolute atomic E-state index is 13.9. The molecule has 4 aliphatic heterocycles. The summed E-state index contributed by atoms with van der Waals surface area (Å²) < 4.78 is 19.1. The number of carbonyl (C=O) groups excluding carboxylic acids is 2. The highest BCUT2D eigenvalue weighted by molar-refractivity contribution is 5.98. The van der Waals surface area contributed by atoms with Crippen LogP contribution in [0.4, 0.5) is 5.69 Å².